The molecule has 0 aromatic carbocycles. The van der Waals surface area contributed by atoms with E-state index in [2.05, 4.69) is 33.4 Å². The number of anilines is 1. The second kappa shape index (κ2) is 11.7. The van der Waals surface area contributed by atoms with Crippen LogP contribution in [0.15, 0.2) is 58.5 Å². The topological polar surface area (TPSA) is 146 Å². The summed E-state index contributed by atoms with van der Waals surface area (Å²) < 4.78 is 0. The predicted molar refractivity (Wildman–Crippen MR) is 131 cm³/mol. The van der Waals surface area contributed by atoms with Gasteiger partial charge >= 0.3 is 5.97 Å². The van der Waals surface area contributed by atoms with Gasteiger partial charge in [0.25, 0.3) is 5.91 Å². The van der Waals surface area contributed by atoms with E-state index < -0.39 is 11.9 Å². The van der Waals surface area contributed by atoms with Crippen molar-refractivity contribution in [2.24, 2.45) is 21.5 Å². The van der Waals surface area contributed by atoms with Crippen molar-refractivity contribution in [3.8, 4) is 0 Å². The van der Waals surface area contributed by atoms with Gasteiger partial charge < -0.3 is 26.8 Å². The highest BCUT2D eigenvalue weighted by Gasteiger charge is 2.23. The second-order valence-electron chi connectivity index (χ2n) is 6.99. The number of nitrogens with one attached hydrogen (secondary N) is 1. The van der Waals surface area contributed by atoms with Gasteiger partial charge in [-0.3, -0.25) is 4.79 Å². The van der Waals surface area contributed by atoms with Crippen LogP contribution in [0, 0.1) is 0 Å². The Morgan fingerprint density at radius 2 is 2.00 bits per heavy atom. The minimum absolute atomic E-state index is 0.0130. The van der Waals surface area contributed by atoms with Gasteiger partial charge in [0.1, 0.15) is 17.1 Å². The molecular weight excluding hydrogens is 428 g/mol. The maximum Gasteiger partial charge on any atom is 0.339 e. The zero-order valence-electron chi connectivity index (χ0n) is 18.0. The smallest absolute Gasteiger partial charge is 0.339 e. The first-order valence-electron chi connectivity index (χ1n) is 9.97. The number of aliphatic imine (C=N–C) groups is 2. The molecule has 0 bridgehead atoms. The maximum atomic E-state index is 12.5. The number of hydrogen-bond donors (Lipinski definition) is 4. The molecule has 170 valence electrons. The number of carbonyl (C=O) groups is 2. The van der Waals surface area contributed by atoms with Crippen molar-refractivity contribution >= 4 is 46.4 Å². The van der Waals surface area contributed by atoms with Crippen LogP contribution < -0.4 is 16.8 Å². The number of carboxylic acid groups (broad SMARTS) is 1. The van der Waals surface area contributed by atoms with Crippen LogP contribution in [0.25, 0.3) is 5.57 Å². The van der Waals surface area contributed by atoms with Crippen LogP contribution in [0.5, 0.6) is 0 Å². The molecule has 0 atom stereocenters. The number of likely N-dealkylation sites (tertiary alicyclic amines) is 1. The van der Waals surface area contributed by atoms with Crippen LogP contribution >= 0.6 is 11.3 Å². The van der Waals surface area contributed by atoms with Crippen LogP contribution in [-0.2, 0) is 4.79 Å². The molecule has 6 N–H and O–H groups in total. The van der Waals surface area contributed by atoms with Crippen molar-refractivity contribution in [1.29, 1.82) is 0 Å². The molecule has 2 rings (SSSR count). The number of carbonyl (C=O) groups excluding carboxylic acids is 1. The fraction of sp³-hybridized carbons (Fsp3) is 0.273. The number of carboxylic acids is 1. The van der Waals surface area contributed by atoms with Crippen molar-refractivity contribution in [3.05, 3.63) is 59.0 Å². The number of amides is 1. The molecule has 9 nitrogen and oxygen atoms in total. The lowest BCUT2D eigenvalue weighted by Crippen LogP contribution is -2.27. The highest BCUT2D eigenvalue weighted by Crippen LogP contribution is 2.33. The van der Waals surface area contributed by atoms with E-state index in [-0.39, 0.29) is 17.0 Å². The minimum atomic E-state index is -1.21. The quantitative estimate of drug-likeness (QED) is 0.420. The number of thiophene rings is 1. The number of rotatable bonds is 9. The van der Waals surface area contributed by atoms with E-state index in [4.69, 9.17) is 11.5 Å². The van der Waals surface area contributed by atoms with Gasteiger partial charge in [-0.05, 0) is 32.3 Å². The van der Waals surface area contributed by atoms with Gasteiger partial charge in [-0.25, -0.2) is 14.8 Å². The van der Waals surface area contributed by atoms with E-state index in [0.717, 1.165) is 37.3 Å². The van der Waals surface area contributed by atoms with Gasteiger partial charge in [-0.15, -0.1) is 11.3 Å². The van der Waals surface area contributed by atoms with E-state index in [0.29, 0.717) is 22.0 Å². The molecule has 32 heavy (non-hydrogen) atoms. The average Bonchev–Trinajstić information content (AvgIpc) is 3.18. The molecular formula is C22H28N6O3S. The molecule has 0 unspecified atom stereocenters. The summed E-state index contributed by atoms with van der Waals surface area (Å²) in [5.41, 5.74) is 12.2. The summed E-state index contributed by atoms with van der Waals surface area (Å²) in [4.78, 5) is 35.3. The standard InChI is InChI=1S/C22H28N6O3S/c1-4-17(25-9-8-23)21(29)27-18-13-32-20(19(18)22(30)31)16(14(2)24)12-26-15(3)28-10-6-5-7-11-28/h4,8-9,12-13H,1,3,5-7,10-11,23-24H2,2H3,(H,27,29)(H,30,31)/b9-8-,16-14+,25-17?,26-12?. The first kappa shape index (κ1) is 24.6. The van der Waals surface area contributed by atoms with Crippen LogP contribution in [0.2, 0.25) is 0 Å². The lowest BCUT2D eigenvalue weighted by Gasteiger charge is -2.28. The van der Waals surface area contributed by atoms with E-state index in [1.807, 2.05) is 0 Å². The third kappa shape index (κ3) is 6.17. The van der Waals surface area contributed by atoms with Crippen molar-refractivity contribution in [2.45, 2.75) is 26.2 Å². The summed E-state index contributed by atoms with van der Waals surface area (Å²) in [5, 5.41) is 13.9. The summed E-state index contributed by atoms with van der Waals surface area (Å²) in [5.74, 6) is -1.23. The Morgan fingerprint density at radius 3 is 2.56 bits per heavy atom. The first-order chi connectivity index (χ1) is 15.3. The van der Waals surface area contributed by atoms with Gasteiger partial charge in [0, 0.05) is 48.4 Å². The molecule has 1 aliphatic rings. The first-order valence-corrected chi connectivity index (χ1v) is 10.9. The van der Waals surface area contributed by atoms with Crippen LogP contribution in [-0.4, -0.2) is 46.9 Å². The monoisotopic (exact) mass is 456 g/mol. The van der Waals surface area contributed by atoms with Crippen molar-refractivity contribution in [2.75, 3.05) is 18.4 Å². The van der Waals surface area contributed by atoms with Gasteiger partial charge in [0.15, 0.2) is 0 Å². The van der Waals surface area contributed by atoms with Crippen LogP contribution in [0.3, 0.4) is 0 Å². The molecule has 10 heteroatoms. The van der Waals surface area contributed by atoms with E-state index in [1.54, 1.807) is 6.92 Å². The molecule has 1 fully saturated rings. The normalized spacial score (nSPS) is 15.7. The highest BCUT2D eigenvalue weighted by molar-refractivity contribution is 7.12. The summed E-state index contributed by atoms with van der Waals surface area (Å²) in [7, 11) is 0. The third-order valence-electron chi connectivity index (χ3n) is 4.71. The summed E-state index contributed by atoms with van der Waals surface area (Å²) in [6.07, 6.45) is 8.53. The Hall–Kier alpha value is -3.66. The lowest BCUT2D eigenvalue weighted by molar-refractivity contribution is -0.110. The Balaban J connectivity index is 2.35. The average molecular weight is 457 g/mol. The fourth-order valence-electron chi connectivity index (χ4n) is 3.09. The molecule has 1 aromatic heterocycles. The van der Waals surface area contributed by atoms with Gasteiger partial charge in [0.05, 0.1) is 10.6 Å². The number of nitrogens with zero attached hydrogens (tertiary/aromatic N) is 3. The Bertz CT molecular complexity index is 1010. The molecule has 0 saturated carbocycles. The summed E-state index contributed by atoms with van der Waals surface area (Å²) in [6.45, 7) is 11.0. The molecule has 1 saturated heterocycles. The lowest BCUT2D eigenvalue weighted by atomic mass is 10.1. The Kier molecular flexibility index (Phi) is 8.96. The zero-order valence-corrected chi connectivity index (χ0v) is 18.8. The number of hydrogen-bond acceptors (Lipinski definition) is 8. The minimum Gasteiger partial charge on any atom is -0.478 e. The zero-order chi connectivity index (χ0) is 23.7. The SMILES string of the molecule is C=CC(=N/C=C\N)C(=O)Nc1csc(/C(C=NC(=C)N2CCCCC2)=C(\C)N)c1C(=O)O. The number of piperidine rings is 1. The largest absolute Gasteiger partial charge is 0.478 e. The van der Waals surface area contributed by atoms with Gasteiger partial charge in [-0.1, -0.05) is 13.2 Å². The maximum absolute atomic E-state index is 12.5. The highest BCUT2D eigenvalue weighted by atomic mass is 32.1. The summed E-state index contributed by atoms with van der Waals surface area (Å²) >= 11 is 1.14. The molecule has 0 spiro atoms. The number of allylic oxidation sites excluding steroid dienone is 2. The molecule has 1 amide bonds. The second-order valence-corrected chi connectivity index (χ2v) is 7.87. The van der Waals surface area contributed by atoms with E-state index >= 15 is 0 Å². The molecule has 1 aromatic rings. The number of aromatic carboxylic acids is 1. The van der Waals surface area contributed by atoms with Gasteiger partial charge in [0.2, 0.25) is 0 Å². The summed E-state index contributed by atoms with van der Waals surface area (Å²) in [6, 6.07) is 0. The fourth-order valence-corrected chi connectivity index (χ4v) is 4.15. The number of nitrogens with two attached hydrogens (primary N) is 2. The van der Waals surface area contributed by atoms with Crippen molar-refractivity contribution < 1.29 is 14.7 Å². The van der Waals surface area contributed by atoms with Gasteiger partial charge in [-0.2, -0.15) is 0 Å². The third-order valence-corrected chi connectivity index (χ3v) is 5.73. The predicted octanol–water partition coefficient (Wildman–Crippen LogP) is 3.16. The molecule has 2 heterocycles. The molecule has 1 aliphatic heterocycles. The Morgan fingerprint density at radius 1 is 1.31 bits per heavy atom. The van der Waals surface area contributed by atoms with Crippen molar-refractivity contribution in [1.82, 2.24) is 4.90 Å². The van der Waals surface area contributed by atoms with Crippen molar-refractivity contribution in [3.63, 3.8) is 0 Å². The molecule has 0 radical (unpaired) electrons. The van der Waals surface area contributed by atoms with Crippen LogP contribution in [0.4, 0.5) is 5.69 Å². The van der Waals surface area contributed by atoms with E-state index in [1.165, 1.54) is 36.5 Å². The van der Waals surface area contributed by atoms with E-state index in [9.17, 15) is 14.7 Å². The van der Waals surface area contributed by atoms with Crippen LogP contribution in [0.1, 0.15) is 41.4 Å². The Labute approximate surface area is 191 Å². The molecule has 0 aliphatic carbocycles.